The Morgan fingerprint density at radius 1 is 1.26 bits per heavy atom. The van der Waals surface area contributed by atoms with E-state index in [0.29, 0.717) is 15.9 Å². The Labute approximate surface area is 140 Å². The summed E-state index contributed by atoms with van der Waals surface area (Å²) in [5, 5.41) is 0. The lowest BCUT2D eigenvalue weighted by Crippen LogP contribution is -2.50. The first-order chi connectivity index (χ1) is 11.2. The van der Waals surface area contributed by atoms with Crippen molar-refractivity contribution in [3.8, 4) is 0 Å². The minimum Gasteiger partial charge on any atom is -0.465 e. The molecular formula is C16H22N2O4S. The fourth-order valence-corrected chi connectivity index (χ4v) is 3.92. The number of nitrogens with zero attached hydrogens (tertiary/aromatic N) is 2. The van der Waals surface area contributed by atoms with Gasteiger partial charge in [-0.15, -0.1) is 11.3 Å². The van der Waals surface area contributed by atoms with Crippen LogP contribution in [0.15, 0.2) is 12.1 Å². The molecule has 2 aliphatic heterocycles. The van der Waals surface area contributed by atoms with Gasteiger partial charge in [-0.25, -0.2) is 4.79 Å². The van der Waals surface area contributed by atoms with E-state index in [-0.39, 0.29) is 5.91 Å². The number of hydrogen-bond donors (Lipinski definition) is 0. The van der Waals surface area contributed by atoms with E-state index in [2.05, 4.69) is 9.64 Å². The van der Waals surface area contributed by atoms with E-state index in [1.165, 1.54) is 18.4 Å². The summed E-state index contributed by atoms with van der Waals surface area (Å²) >= 11 is 1.19. The van der Waals surface area contributed by atoms with E-state index in [4.69, 9.17) is 4.74 Å². The standard InChI is InChI=1S/C16H22N2O4S/c1-21-16(20)14-5-4-13(23-14)15(19)18-8-6-17(7-9-18)11-12-3-2-10-22-12/h4-5,12H,2-3,6-11H2,1H3. The highest BCUT2D eigenvalue weighted by Crippen LogP contribution is 2.20. The van der Waals surface area contributed by atoms with Gasteiger partial charge in [0.15, 0.2) is 0 Å². The zero-order valence-electron chi connectivity index (χ0n) is 13.3. The number of rotatable bonds is 4. The van der Waals surface area contributed by atoms with Crippen LogP contribution in [0.1, 0.15) is 32.2 Å². The van der Waals surface area contributed by atoms with Crippen LogP contribution >= 0.6 is 11.3 Å². The molecule has 23 heavy (non-hydrogen) atoms. The van der Waals surface area contributed by atoms with Gasteiger partial charge in [0.2, 0.25) is 0 Å². The van der Waals surface area contributed by atoms with E-state index in [9.17, 15) is 9.59 Å². The van der Waals surface area contributed by atoms with E-state index < -0.39 is 5.97 Å². The van der Waals surface area contributed by atoms with Crippen molar-refractivity contribution in [3.05, 3.63) is 21.9 Å². The summed E-state index contributed by atoms with van der Waals surface area (Å²) in [6.07, 6.45) is 2.66. The van der Waals surface area contributed by atoms with Crippen molar-refractivity contribution in [2.45, 2.75) is 18.9 Å². The number of carbonyl (C=O) groups excluding carboxylic acids is 2. The molecule has 2 aliphatic rings. The number of ether oxygens (including phenoxy) is 2. The maximum atomic E-state index is 12.5. The maximum absolute atomic E-state index is 12.5. The van der Waals surface area contributed by atoms with Crippen molar-refractivity contribution in [2.75, 3.05) is 46.4 Å². The van der Waals surface area contributed by atoms with E-state index >= 15 is 0 Å². The first kappa shape index (κ1) is 16.4. The van der Waals surface area contributed by atoms with Gasteiger partial charge in [-0.05, 0) is 25.0 Å². The molecule has 7 heteroatoms. The van der Waals surface area contributed by atoms with Gasteiger partial charge in [-0.3, -0.25) is 9.69 Å². The van der Waals surface area contributed by atoms with Crippen molar-refractivity contribution < 1.29 is 19.1 Å². The molecule has 0 radical (unpaired) electrons. The molecule has 3 heterocycles. The molecule has 1 unspecified atom stereocenters. The Morgan fingerprint density at radius 3 is 2.65 bits per heavy atom. The predicted molar refractivity (Wildman–Crippen MR) is 87.0 cm³/mol. The predicted octanol–water partition coefficient (Wildman–Crippen LogP) is 1.47. The quantitative estimate of drug-likeness (QED) is 0.778. The molecule has 0 bridgehead atoms. The molecule has 1 atom stereocenters. The molecule has 0 N–H and O–H groups in total. The number of hydrogen-bond acceptors (Lipinski definition) is 6. The summed E-state index contributed by atoms with van der Waals surface area (Å²) in [5.74, 6) is -0.391. The Balaban J connectivity index is 1.51. The molecule has 0 aliphatic carbocycles. The molecule has 0 spiro atoms. The Morgan fingerprint density at radius 2 is 2.00 bits per heavy atom. The zero-order valence-corrected chi connectivity index (χ0v) is 14.1. The second kappa shape index (κ2) is 7.42. The first-order valence-electron chi connectivity index (χ1n) is 7.99. The number of piperazine rings is 1. The lowest BCUT2D eigenvalue weighted by atomic mass is 10.2. The molecular weight excluding hydrogens is 316 g/mol. The van der Waals surface area contributed by atoms with Crippen LogP contribution in [0.25, 0.3) is 0 Å². The minimum atomic E-state index is -0.393. The highest BCUT2D eigenvalue weighted by molar-refractivity contribution is 7.15. The van der Waals surface area contributed by atoms with Crippen LogP contribution < -0.4 is 0 Å². The fraction of sp³-hybridized carbons (Fsp3) is 0.625. The molecule has 6 nitrogen and oxygen atoms in total. The summed E-state index contributed by atoms with van der Waals surface area (Å²) in [4.78, 5) is 29.3. The van der Waals surface area contributed by atoms with Gasteiger partial charge in [0.1, 0.15) is 4.88 Å². The number of thiophene rings is 1. The molecule has 3 rings (SSSR count). The SMILES string of the molecule is COC(=O)c1ccc(C(=O)N2CCN(CC3CCCO3)CC2)s1. The Bertz CT molecular complexity index is 560. The molecule has 1 aromatic heterocycles. The van der Waals surface area contributed by atoms with E-state index in [1.54, 1.807) is 12.1 Å². The summed E-state index contributed by atoms with van der Waals surface area (Å²) in [5.41, 5.74) is 0. The fourth-order valence-electron chi connectivity index (χ4n) is 3.03. The molecule has 0 aromatic carbocycles. The second-order valence-electron chi connectivity index (χ2n) is 5.88. The number of methoxy groups -OCH3 is 1. The van der Waals surface area contributed by atoms with Crippen LogP contribution in [0.2, 0.25) is 0 Å². The van der Waals surface area contributed by atoms with Crippen LogP contribution in [-0.4, -0.2) is 74.2 Å². The van der Waals surface area contributed by atoms with Gasteiger partial charge >= 0.3 is 5.97 Å². The zero-order chi connectivity index (χ0) is 16.2. The lowest BCUT2D eigenvalue weighted by Gasteiger charge is -2.35. The van der Waals surface area contributed by atoms with Crippen molar-refractivity contribution in [2.24, 2.45) is 0 Å². The third-order valence-corrected chi connectivity index (χ3v) is 5.40. The van der Waals surface area contributed by atoms with Gasteiger partial charge in [0.25, 0.3) is 5.91 Å². The van der Waals surface area contributed by atoms with Gasteiger partial charge in [0.05, 0.1) is 18.1 Å². The monoisotopic (exact) mass is 338 g/mol. The third kappa shape index (κ3) is 3.91. The number of amides is 1. The van der Waals surface area contributed by atoms with Crippen LogP contribution in [0.5, 0.6) is 0 Å². The Kier molecular flexibility index (Phi) is 5.30. The topological polar surface area (TPSA) is 59.1 Å². The number of esters is 1. The second-order valence-corrected chi connectivity index (χ2v) is 6.97. The first-order valence-corrected chi connectivity index (χ1v) is 8.80. The van der Waals surface area contributed by atoms with Crippen molar-refractivity contribution in [3.63, 3.8) is 0 Å². The van der Waals surface area contributed by atoms with Crippen LogP contribution in [0, 0.1) is 0 Å². The molecule has 2 saturated heterocycles. The molecule has 0 saturated carbocycles. The van der Waals surface area contributed by atoms with Gasteiger partial charge in [-0.1, -0.05) is 0 Å². The van der Waals surface area contributed by atoms with Crippen LogP contribution in [0.4, 0.5) is 0 Å². The largest absolute Gasteiger partial charge is 0.465 e. The van der Waals surface area contributed by atoms with Crippen molar-refractivity contribution in [1.82, 2.24) is 9.80 Å². The average Bonchev–Trinajstić information content (AvgIpc) is 3.26. The normalized spacial score (nSPS) is 22.3. The molecule has 1 aromatic rings. The average molecular weight is 338 g/mol. The summed E-state index contributed by atoms with van der Waals surface area (Å²) in [6, 6.07) is 3.36. The summed E-state index contributed by atoms with van der Waals surface area (Å²) in [7, 11) is 1.34. The molecule has 1 amide bonds. The van der Waals surface area contributed by atoms with Crippen molar-refractivity contribution >= 4 is 23.2 Å². The summed E-state index contributed by atoms with van der Waals surface area (Å²) < 4.78 is 10.4. The van der Waals surface area contributed by atoms with E-state index in [0.717, 1.165) is 52.2 Å². The number of carbonyl (C=O) groups is 2. The van der Waals surface area contributed by atoms with Crippen LogP contribution in [-0.2, 0) is 9.47 Å². The maximum Gasteiger partial charge on any atom is 0.348 e. The Hall–Kier alpha value is -1.44. The van der Waals surface area contributed by atoms with Crippen molar-refractivity contribution in [1.29, 1.82) is 0 Å². The molecule has 2 fully saturated rings. The summed E-state index contributed by atoms with van der Waals surface area (Å²) in [6.45, 7) is 5.03. The van der Waals surface area contributed by atoms with Crippen LogP contribution in [0.3, 0.4) is 0 Å². The third-order valence-electron chi connectivity index (χ3n) is 4.35. The smallest absolute Gasteiger partial charge is 0.348 e. The van der Waals surface area contributed by atoms with Gasteiger partial charge in [0, 0.05) is 39.3 Å². The van der Waals surface area contributed by atoms with E-state index in [1.807, 2.05) is 4.90 Å². The van der Waals surface area contributed by atoms with Gasteiger partial charge < -0.3 is 14.4 Å². The minimum absolute atomic E-state index is 0.00178. The molecule has 126 valence electrons. The van der Waals surface area contributed by atoms with Gasteiger partial charge in [-0.2, -0.15) is 0 Å². The lowest BCUT2D eigenvalue weighted by molar-refractivity contribution is 0.0435. The highest BCUT2D eigenvalue weighted by Gasteiger charge is 2.26. The highest BCUT2D eigenvalue weighted by atomic mass is 32.1.